The van der Waals surface area contributed by atoms with E-state index in [2.05, 4.69) is 20.4 Å². The predicted molar refractivity (Wildman–Crippen MR) is 103 cm³/mol. The molecule has 0 spiro atoms. The van der Waals surface area contributed by atoms with Crippen molar-refractivity contribution in [3.05, 3.63) is 66.3 Å². The van der Waals surface area contributed by atoms with E-state index >= 15 is 0 Å². The minimum absolute atomic E-state index is 0.162. The molecule has 6 nitrogen and oxygen atoms in total. The van der Waals surface area contributed by atoms with Gasteiger partial charge in [-0.2, -0.15) is 4.98 Å². The molecule has 4 rings (SSSR count). The Hall–Kier alpha value is -3.06. The van der Waals surface area contributed by atoms with E-state index in [0.29, 0.717) is 24.8 Å². The van der Waals surface area contributed by atoms with Crippen molar-refractivity contribution in [2.24, 2.45) is 5.92 Å². The first-order valence-corrected chi connectivity index (χ1v) is 9.35. The molecule has 0 bridgehead atoms. The number of carbonyl (C=O) groups is 1. The minimum atomic E-state index is -0.428. The molecule has 7 heteroatoms. The van der Waals surface area contributed by atoms with Gasteiger partial charge < -0.3 is 9.84 Å². The number of piperidine rings is 1. The molecule has 1 atom stereocenters. The van der Waals surface area contributed by atoms with Gasteiger partial charge in [-0.3, -0.25) is 9.69 Å². The van der Waals surface area contributed by atoms with Crippen LogP contribution in [-0.2, 0) is 11.3 Å². The fraction of sp³-hybridized carbons (Fsp3) is 0.286. The number of amides is 1. The van der Waals surface area contributed by atoms with E-state index < -0.39 is 5.82 Å². The number of rotatable bonds is 5. The lowest BCUT2D eigenvalue weighted by atomic mass is 9.97. The predicted octanol–water partition coefficient (Wildman–Crippen LogP) is 3.73. The summed E-state index contributed by atoms with van der Waals surface area (Å²) in [6.45, 7) is 1.92. The van der Waals surface area contributed by atoms with Crippen LogP contribution in [0.1, 0.15) is 18.7 Å². The quantitative estimate of drug-likeness (QED) is 0.730. The molecule has 0 saturated carbocycles. The normalized spacial score (nSPS) is 17.4. The molecular weight excluding hydrogens is 359 g/mol. The van der Waals surface area contributed by atoms with Crippen LogP contribution in [0.4, 0.5) is 10.1 Å². The zero-order chi connectivity index (χ0) is 19.3. The number of hydrogen-bond donors (Lipinski definition) is 1. The number of aromatic nitrogens is 2. The third-order valence-corrected chi connectivity index (χ3v) is 4.87. The Balaban J connectivity index is 1.37. The summed E-state index contributed by atoms with van der Waals surface area (Å²) in [5.74, 6) is 0.286. The largest absolute Gasteiger partial charge is 0.338 e. The maximum absolute atomic E-state index is 13.8. The first-order valence-electron chi connectivity index (χ1n) is 9.35. The smallest absolute Gasteiger partial charge is 0.241 e. The Bertz CT molecular complexity index is 944. The van der Waals surface area contributed by atoms with Gasteiger partial charge in [0.1, 0.15) is 5.82 Å². The molecule has 1 unspecified atom stereocenters. The van der Waals surface area contributed by atoms with E-state index in [0.717, 1.165) is 24.9 Å². The van der Waals surface area contributed by atoms with Crippen LogP contribution >= 0.6 is 0 Å². The van der Waals surface area contributed by atoms with Gasteiger partial charge in [-0.15, -0.1) is 0 Å². The molecule has 1 saturated heterocycles. The third kappa shape index (κ3) is 4.26. The lowest BCUT2D eigenvalue weighted by Gasteiger charge is -2.30. The summed E-state index contributed by atoms with van der Waals surface area (Å²) in [4.78, 5) is 19.1. The van der Waals surface area contributed by atoms with Crippen LogP contribution in [0.15, 0.2) is 59.1 Å². The van der Waals surface area contributed by atoms with E-state index in [1.807, 2.05) is 30.3 Å². The highest BCUT2D eigenvalue weighted by Gasteiger charge is 2.27. The second-order valence-corrected chi connectivity index (χ2v) is 6.92. The van der Waals surface area contributed by atoms with Crippen LogP contribution < -0.4 is 5.32 Å². The molecule has 1 amide bonds. The zero-order valence-corrected chi connectivity index (χ0v) is 15.3. The average molecular weight is 380 g/mol. The number of benzene rings is 2. The molecule has 1 aliphatic heterocycles. The molecule has 28 heavy (non-hydrogen) atoms. The Kier molecular flexibility index (Phi) is 5.43. The summed E-state index contributed by atoms with van der Waals surface area (Å²) >= 11 is 0. The first-order chi connectivity index (χ1) is 13.7. The van der Waals surface area contributed by atoms with Crippen molar-refractivity contribution in [1.82, 2.24) is 15.0 Å². The highest BCUT2D eigenvalue weighted by molar-refractivity contribution is 5.92. The number of para-hydroxylation sites is 1. The molecule has 1 N–H and O–H groups in total. The van der Waals surface area contributed by atoms with E-state index in [1.165, 1.54) is 6.07 Å². The molecule has 2 aromatic carbocycles. The molecule has 144 valence electrons. The van der Waals surface area contributed by atoms with Crippen LogP contribution in [-0.4, -0.2) is 34.0 Å². The second-order valence-electron chi connectivity index (χ2n) is 6.92. The molecule has 2 heterocycles. The zero-order valence-electron chi connectivity index (χ0n) is 15.3. The lowest BCUT2D eigenvalue weighted by Crippen LogP contribution is -2.40. The summed E-state index contributed by atoms with van der Waals surface area (Å²) in [5, 5.41) is 6.74. The Morgan fingerprint density at radius 3 is 2.79 bits per heavy atom. The Morgan fingerprint density at radius 1 is 1.18 bits per heavy atom. The van der Waals surface area contributed by atoms with Gasteiger partial charge in [0, 0.05) is 12.1 Å². The maximum Gasteiger partial charge on any atom is 0.241 e. The van der Waals surface area contributed by atoms with Crippen LogP contribution in [0.25, 0.3) is 11.4 Å². The number of hydrogen-bond acceptors (Lipinski definition) is 5. The summed E-state index contributed by atoms with van der Waals surface area (Å²) in [7, 11) is 0. The molecule has 0 aliphatic carbocycles. The second kappa shape index (κ2) is 8.31. The van der Waals surface area contributed by atoms with Gasteiger partial charge in [0.2, 0.25) is 17.6 Å². The molecule has 1 aromatic heterocycles. The molecule has 1 aliphatic rings. The highest BCUT2D eigenvalue weighted by Crippen LogP contribution is 2.22. The van der Waals surface area contributed by atoms with Crippen molar-refractivity contribution in [3.8, 4) is 11.4 Å². The van der Waals surface area contributed by atoms with Gasteiger partial charge in [-0.25, -0.2) is 4.39 Å². The fourth-order valence-corrected chi connectivity index (χ4v) is 3.43. The standard InChI is InChI=1S/C21H21FN4O2/c22-17-10-4-5-11-18(17)23-21(27)16-9-6-12-26(13-16)14-19-24-20(25-28-19)15-7-2-1-3-8-15/h1-5,7-8,10-11,16H,6,9,12-14H2,(H,23,27). The van der Waals surface area contributed by atoms with Crippen molar-refractivity contribution >= 4 is 11.6 Å². The lowest BCUT2D eigenvalue weighted by molar-refractivity contribution is -0.121. The van der Waals surface area contributed by atoms with E-state index in [-0.39, 0.29) is 17.5 Å². The van der Waals surface area contributed by atoms with Crippen molar-refractivity contribution in [2.75, 3.05) is 18.4 Å². The van der Waals surface area contributed by atoms with Crippen molar-refractivity contribution in [2.45, 2.75) is 19.4 Å². The fourth-order valence-electron chi connectivity index (χ4n) is 3.43. The van der Waals surface area contributed by atoms with Gasteiger partial charge >= 0.3 is 0 Å². The number of halogens is 1. The number of nitrogens with one attached hydrogen (secondary N) is 1. The SMILES string of the molecule is O=C(Nc1ccccc1F)C1CCCN(Cc2nc(-c3ccccc3)no2)C1. The van der Waals surface area contributed by atoms with Gasteiger partial charge in [0.05, 0.1) is 18.2 Å². The van der Waals surface area contributed by atoms with Crippen molar-refractivity contribution in [1.29, 1.82) is 0 Å². The average Bonchev–Trinajstić information content (AvgIpc) is 3.19. The highest BCUT2D eigenvalue weighted by atomic mass is 19.1. The first kappa shape index (κ1) is 18.3. The maximum atomic E-state index is 13.8. The molecular formula is C21H21FN4O2. The number of anilines is 1. The number of likely N-dealkylation sites (tertiary alicyclic amines) is 1. The van der Waals surface area contributed by atoms with E-state index in [1.54, 1.807) is 18.2 Å². The van der Waals surface area contributed by atoms with E-state index in [9.17, 15) is 9.18 Å². The molecule has 3 aromatic rings. The summed E-state index contributed by atoms with van der Waals surface area (Å²) in [6.07, 6.45) is 1.66. The molecule has 1 fully saturated rings. The van der Waals surface area contributed by atoms with Gasteiger partial charge in [-0.1, -0.05) is 47.6 Å². The van der Waals surface area contributed by atoms with Crippen molar-refractivity contribution < 1.29 is 13.7 Å². The van der Waals surface area contributed by atoms with Crippen molar-refractivity contribution in [3.63, 3.8) is 0 Å². The van der Waals surface area contributed by atoms with Gasteiger partial charge in [0.15, 0.2) is 0 Å². The third-order valence-electron chi connectivity index (χ3n) is 4.87. The summed E-state index contributed by atoms with van der Waals surface area (Å²) < 4.78 is 19.1. The minimum Gasteiger partial charge on any atom is -0.338 e. The topological polar surface area (TPSA) is 71.3 Å². The van der Waals surface area contributed by atoms with Crippen LogP contribution in [0.3, 0.4) is 0 Å². The Labute approximate surface area is 162 Å². The van der Waals surface area contributed by atoms with Crippen LogP contribution in [0.2, 0.25) is 0 Å². The van der Waals surface area contributed by atoms with Crippen LogP contribution in [0.5, 0.6) is 0 Å². The van der Waals surface area contributed by atoms with Gasteiger partial charge in [-0.05, 0) is 31.5 Å². The van der Waals surface area contributed by atoms with Crippen LogP contribution in [0, 0.1) is 11.7 Å². The monoisotopic (exact) mass is 380 g/mol. The number of nitrogens with zero attached hydrogens (tertiary/aromatic N) is 3. The van der Waals surface area contributed by atoms with E-state index in [4.69, 9.17) is 4.52 Å². The van der Waals surface area contributed by atoms with Gasteiger partial charge in [0.25, 0.3) is 0 Å². The summed E-state index contributed by atoms with van der Waals surface area (Å²) in [5.41, 5.74) is 1.12. The molecule has 0 radical (unpaired) electrons. The Morgan fingerprint density at radius 2 is 1.96 bits per heavy atom. The summed E-state index contributed by atoms with van der Waals surface area (Å²) in [6, 6.07) is 15.8. The number of carbonyl (C=O) groups excluding carboxylic acids is 1.